The molecule has 1 aromatic rings. The maximum Gasteiger partial charge on any atom is 0.345 e. The zero-order valence-electron chi connectivity index (χ0n) is 9.84. The second-order valence-corrected chi connectivity index (χ2v) is 3.28. The van der Waals surface area contributed by atoms with Crippen LogP contribution in [0.5, 0.6) is 11.5 Å². The Hall–Kier alpha value is -2.50. The summed E-state index contributed by atoms with van der Waals surface area (Å²) < 4.78 is 8.86. The summed E-state index contributed by atoms with van der Waals surface area (Å²) in [4.78, 5) is 22.7. The van der Waals surface area contributed by atoms with Crippen LogP contribution in [-0.2, 0) is 19.1 Å². The van der Waals surface area contributed by atoms with E-state index in [1.54, 1.807) is 0 Å². The van der Waals surface area contributed by atoms with E-state index in [4.69, 9.17) is 5.11 Å². The van der Waals surface area contributed by atoms with Gasteiger partial charge in [-0.1, -0.05) is 0 Å². The van der Waals surface area contributed by atoms with Crippen LogP contribution in [0.1, 0.15) is 5.56 Å². The molecule has 6 nitrogen and oxygen atoms in total. The molecule has 0 aliphatic heterocycles. The van der Waals surface area contributed by atoms with Gasteiger partial charge in [-0.05, 0) is 18.2 Å². The summed E-state index contributed by atoms with van der Waals surface area (Å²) in [6, 6.07) is 3.73. The lowest BCUT2D eigenvalue weighted by atomic mass is 10.1. The molecule has 0 amide bonds. The number of hydrogen-bond donors (Lipinski definition) is 2. The summed E-state index contributed by atoms with van der Waals surface area (Å²) in [6.07, 6.45) is 1.12. The lowest BCUT2D eigenvalue weighted by molar-refractivity contribution is -0.143. The first-order valence-electron chi connectivity index (χ1n) is 4.90. The number of phenols is 2. The molecule has 18 heavy (non-hydrogen) atoms. The van der Waals surface area contributed by atoms with Gasteiger partial charge < -0.3 is 19.7 Å². The largest absolute Gasteiger partial charge is 0.508 e. The van der Waals surface area contributed by atoms with Crippen molar-refractivity contribution < 1.29 is 29.3 Å². The normalized spacial score (nSPS) is 9.44. The van der Waals surface area contributed by atoms with E-state index in [0.29, 0.717) is 0 Å². The highest BCUT2D eigenvalue weighted by molar-refractivity contribution is 6.17. The van der Waals surface area contributed by atoms with Gasteiger partial charge in [0.2, 0.25) is 0 Å². The second kappa shape index (κ2) is 5.72. The molecule has 96 valence electrons. The summed E-state index contributed by atoms with van der Waals surface area (Å²) in [5, 5.41) is 18.7. The van der Waals surface area contributed by atoms with E-state index in [2.05, 4.69) is 9.47 Å². The number of aromatic hydroxyl groups is 2. The molecule has 0 fully saturated rings. The summed E-state index contributed by atoms with van der Waals surface area (Å²) in [7, 11) is 2.24. The molecule has 0 unspecified atom stereocenters. The van der Waals surface area contributed by atoms with Gasteiger partial charge in [-0.3, -0.25) is 0 Å². The van der Waals surface area contributed by atoms with Crippen LogP contribution in [0.2, 0.25) is 0 Å². The van der Waals surface area contributed by atoms with Crippen LogP contribution in [0.4, 0.5) is 0 Å². The smallest absolute Gasteiger partial charge is 0.345 e. The molecule has 0 atom stereocenters. The number of phenolic OH excluding ortho intramolecular Hbond substituents is 2. The van der Waals surface area contributed by atoms with E-state index in [-0.39, 0.29) is 22.6 Å². The number of carbonyl (C=O) groups excluding carboxylic acids is 2. The predicted octanol–water partition coefficient (Wildman–Crippen LogP) is 0.827. The van der Waals surface area contributed by atoms with Gasteiger partial charge in [-0.15, -0.1) is 0 Å². The molecule has 0 aliphatic carbocycles. The van der Waals surface area contributed by atoms with Gasteiger partial charge in [0, 0.05) is 11.6 Å². The first kappa shape index (κ1) is 13.6. The lowest BCUT2D eigenvalue weighted by Gasteiger charge is -2.05. The van der Waals surface area contributed by atoms with Crippen molar-refractivity contribution >= 4 is 18.0 Å². The molecule has 0 aliphatic rings. The standard InChI is InChI=1S/C12H12O6/c1-17-11(15)9(12(16)18-2)5-7-3-4-8(13)6-10(7)14/h3-6,13-14H,1-2H3. The summed E-state index contributed by atoms with van der Waals surface area (Å²) in [5.41, 5.74) is -0.181. The maximum absolute atomic E-state index is 11.4. The Labute approximate surface area is 103 Å². The van der Waals surface area contributed by atoms with Crippen LogP contribution < -0.4 is 0 Å². The van der Waals surface area contributed by atoms with Crippen molar-refractivity contribution in [1.82, 2.24) is 0 Å². The fourth-order valence-corrected chi connectivity index (χ4v) is 1.23. The Balaban J connectivity index is 3.23. The van der Waals surface area contributed by atoms with E-state index < -0.39 is 11.9 Å². The van der Waals surface area contributed by atoms with E-state index >= 15 is 0 Å². The minimum atomic E-state index is -0.880. The molecule has 1 aromatic carbocycles. The summed E-state index contributed by atoms with van der Waals surface area (Å²) >= 11 is 0. The van der Waals surface area contributed by atoms with Crippen molar-refractivity contribution in [3.63, 3.8) is 0 Å². The minimum Gasteiger partial charge on any atom is -0.508 e. The van der Waals surface area contributed by atoms with Gasteiger partial charge in [0.1, 0.15) is 17.1 Å². The van der Waals surface area contributed by atoms with Crippen molar-refractivity contribution in [1.29, 1.82) is 0 Å². The molecular formula is C12H12O6. The van der Waals surface area contributed by atoms with Gasteiger partial charge in [-0.25, -0.2) is 9.59 Å². The van der Waals surface area contributed by atoms with Gasteiger partial charge in [0.05, 0.1) is 14.2 Å². The van der Waals surface area contributed by atoms with E-state index in [9.17, 15) is 14.7 Å². The Morgan fingerprint density at radius 1 is 1.11 bits per heavy atom. The lowest BCUT2D eigenvalue weighted by Crippen LogP contribution is -2.15. The molecule has 0 bridgehead atoms. The third-order valence-electron chi connectivity index (χ3n) is 2.12. The monoisotopic (exact) mass is 252 g/mol. The number of esters is 2. The van der Waals surface area contributed by atoms with Gasteiger partial charge in [0.15, 0.2) is 0 Å². The molecule has 6 heteroatoms. The van der Waals surface area contributed by atoms with Crippen LogP contribution in [-0.4, -0.2) is 36.4 Å². The molecule has 0 radical (unpaired) electrons. The fraction of sp³-hybridized carbons (Fsp3) is 0.167. The van der Waals surface area contributed by atoms with Gasteiger partial charge in [0.25, 0.3) is 0 Å². The van der Waals surface area contributed by atoms with Crippen LogP contribution in [0.3, 0.4) is 0 Å². The minimum absolute atomic E-state index is 0.137. The predicted molar refractivity (Wildman–Crippen MR) is 61.8 cm³/mol. The topological polar surface area (TPSA) is 93.1 Å². The highest BCUT2D eigenvalue weighted by Crippen LogP contribution is 2.25. The first-order valence-corrected chi connectivity index (χ1v) is 4.90. The average Bonchev–Trinajstić information content (AvgIpc) is 2.36. The molecular weight excluding hydrogens is 240 g/mol. The Morgan fingerprint density at radius 3 is 2.11 bits per heavy atom. The molecule has 0 heterocycles. The van der Waals surface area contributed by atoms with Crippen molar-refractivity contribution in [3.05, 3.63) is 29.3 Å². The van der Waals surface area contributed by atoms with Crippen molar-refractivity contribution in [2.75, 3.05) is 14.2 Å². The van der Waals surface area contributed by atoms with Gasteiger partial charge >= 0.3 is 11.9 Å². The zero-order chi connectivity index (χ0) is 13.7. The van der Waals surface area contributed by atoms with Crippen molar-refractivity contribution in [2.45, 2.75) is 0 Å². The number of hydrogen-bond acceptors (Lipinski definition) is 6. The Kier molecular flexibility index (Phi) is 4.31. The third kappa shape index (κ3) is 3.00. The molecule has 1 rings (SSSR count). The number of benzene rings is 1. The number of ether oxygens (including phenoxy) is 2. The average molecular weight is 252 g/mol. The highest BCUT2D eigenvalue weighted by Gasteiger charge is 2.20. The van der Waals surface area contributed by atoms with Crippen LogP contribution in [0.15, 0.2) is 23.8 Å². The quantitative estimate of drug-likeness (QED) is 0.358. The second-order valence-electron chi connectivity index (χ2n) is 3.28. The Morgan fingerprint density at radius 2 is 1.67 bits per heavy atom. The van der Waals surface area contributed by atoms with Crippen LogP contribution in [0, 0.1) is 0 Å². The molecule has 0 saturated carbocycles. The van der Waals surface area contributed by atoms with E-state index in [1.807, 2.05) is 0 Å². The third-order valence-corrected chi connectivity index (χ3v) is 2.12. The number of methoxy groups -OCH3 is 2. The van der Waals surface area contributed by atoms with E-state index in [1.165, 1.54) is 12.1 Å². The van der Waals surface area contributed by atoms with Gasteiger partial charge in [-0.2, -0.15) is 0 Å². The van der Waals surface area contributed by atoms with Crippen LogP contribution >= 0.6 is 0 Å². The van der Waals surface area contributed by atoms with Crippen LogP contribution in [0.25, 0.3) is 6.08 Å². The Bertz CT molecular complexity index is 485. The highest BCUT2D eigenvalue weighted by atomic mass is 16.5. The van der Waals surface area contributed by atoms with Crippen molar-refractivity contribution in [2.24, 2.45) is 0 Å². The number of carbonyl (C=O) groups is 2. The SMILES string of the molecule is COC(=O)C(=Cc1ccc(O)cc1O)C(=O)OC. The number of rotatable bonds is 3. The summed E-state index contributed by atoms with van der Waals surface area (Å²) in [5.74, 6) is -2.17. The zero-order valence-corrected chi connectivity index (χ0v) is 9.84. The molecule has 2 N–H and O–H groups in total. The maximum atomic E-state index is 11.4. The molecule has 0 spiro atoms. The fourth-order valence-electron chi connectivity index (χ4n) is 1.23. The van der Waals surface area contributed by atoms with E-state index in [0.717, 1.165) is 26.4 Å². The molecule has 0 aromatic heterocycles. The molecule has 0 saturated heterocycles. The summed E-state index contributed by atoms with van der Waals surface area (Å²) in [6.45, 7) is 0. The first-order chi connectivity index (χ1) is 8.49. The van der Waals surface area contributed by atoms with Crippen molar-refractivity contribution in [3.8, 4) is 11.5 Å².